The van der Waals surface area contributed by atoms with E-state index in [0.29, 0.717) is 22.3 Å². The van der Waals surface area contributed by atoms with Crippen LogP contribution in [0.1, 0.15) is 5.56 Å². The Labute approximate surface area is 180 Å². The third-order valence-corrected chi connectivity index (χ3v) is 6.00. The van der Waals surface area contributed by atoms with Gasteiger partial charge in [0.25, 0.3) is 10.0 Å². The first kappa shape index (κ1) is 20.5. The van der Waals surface area contributed by atoms with Crippen molar-refractivity contribution in [2.24, 2.45) is 4.40 Å². The third kappa shape index (κ3) is 4.70. The number of sulfonamides is 1. The van der Waals surface area contributed by atoms with E-state index in [1.165, 1.54) is 36.4 Å². The second-order valence-electron chi connectivity index (χ2n) is 6.84. The van der Waals surface area contributed by atoms with Crippen LogP contribution in [0.5, 0.6) is 0 Å². The molecule has 3 aromatic rings. The van der Waals surface area contributed by atoms with Crippen molar-refractivity contribution >= 4 is 21.5 Å². The van der Waals surface area contributed by atoms with Gasteiger partial charge in [0.1, 0.15) is 5.82 Å². The highest BCUT2D eigenvalue weighted by Crippen LogP contribution is 2.24. The van der Waals surface area contributed by atoms with Gasteiger partial charge in [0.05, 0.1) is 10.6 Å². The van der Waals surface area contributed by atoms with Crippen molar-refractivity contribution in [3.8, 4) is 11.1 Å². The van der Waals surface area contributed by atoms with Crippen LogP contribution < -0.4 is 5.11 Å². The number of rotatable bonds is 4. The predicted molar refractivity (Wildman–Crippen MR) is 118 cm³/mol. The summed E-state index contributed by atoms with van der Waals surface area (Å²) >= 11 is 0. The van der Waals surface area contributed by atoms with Crippen LogP contribution in [-0.2, 0) is 10.0 Å². The van der Waals surface area contributed by atoms with E-state index in [-0.39, 0.29) is 22.2 Å². The molecule has 0 radical (unpaired) electrons. The Morgan fingerprint density at radius 1 is 0.774 bits per heavy atom. The Bertz CT molecular complexity index is 1320. The molecule has 0 heterocycles. The van der Waals surface area contributed by atoms with Gasteiger partial charge in [0, 0.05) is 0 Å². The minimum absolute atomic E-state index is 0.0266. The van der Waals surface area contributed by atoms with Gasteiger partial charge >= 0.3 is 0 Å². The van der Waals surface area contributed by atoms with E-state index in [0.717, 1.165) is 0 Å². The molecule has 0 aliphatic heterocycles. The summed E-state index contributed by atoms with van der Waals surface area (Å²) in [5.41, 5.74) is 2.55. The van der Waals surface area contributed by atoms with Crippen LogP contribution >= 0.6 is 0 Å². The van der Waals surface area contributed by atoms with E-state index >= 15 is 0 Å². The third-order valence-electron chi connectivity index (χ3n) is 4.70. The highest BCUT2D eigenvalue weighted by molar-refractivity contribution is 7.90. The van der Waals surface area contributed by atoms with Gasteiger partial charge in [-0.2, -0.15) is 12.8 Å². The molecule has 0 N–H and O–H groups in total. The van der Waals surface area contributed by atoms with E-state index in [9.17, 15) is 17.9 Å². The van der Waals surface area contributed by atoms with Crippen molar-refractivity contribution in [1.29, 1.82) is 0 Å². The zero-order valence-corrected chi connectivity index (χ0v) is 17.1. The molecule has 0 amide bonds. The molecule has 0 aromatic heterocycles. The van der Waals surface area contributed by atoms with Gasteiger partial charge in [0.2, 0.25) is 0 Å². The maximum absolute atomic E-state index is 13.2. The molecular weight excluding hydrogens is 413 g/mol. The van der Waals surface area contributed by atoms with Crippen LogP contribution in [0.2, 0.25) is 0 Å². The second kappa shape index (κ2) is 8.53. The Morgan fingerprint density at radius 2 is 1.45 bits per heavy atom. The fourth-order valence-corrected chi connectivity index (χ4v) is 4.13. The fraction of sp³-hybridized carbons (Fsp3) is 0. The van der Waals surface area contributed by atoms with Crippen molar-refractivity contribution < 1.29 is 17.9 Å². The molecule has 6 heteroatoms. The molecule has 0 atom stereocenters. The summed E-state index contributed by atoms with van der Waals surface area (Å²) in [6, 6.07) is 21.0. The molecule has 1 aliphatic rings. The molecule has 4 rings (SSSR count). The number of halogens is 1. The van der Waals surface area contributed by atoms with E-state index in [2.05, 4.69) is 4.40 Å². The number of allylic oxidation sites excluding steroid dienone is 5. The summed E-state index contributed by atoms with van der Waals surface area (Å²) in [6.07, 6.45) is 6.10. The monoisotopic (exact) mass is 430 g/mol. The summed E-state index contributed by atoms with van der Waals surface area (Å²) < 4.78 is 42.6. The average Bonchev–Trinajstić information content (AvgIpc) is 2.80. The summed E-state index contributed by atoms with van der Waals surface area (Å²) in [5, 5.41) is 12.5. The number of benzene rings is 3. The Balaban J connectivity index is 1.60. The SMILES string of the molecule is O=S(=O)(N=C1C=CC(=C([O-])c2ccccc2)C=C1)c1cccc(-c2ccc(F)cc2)c1. The van der Waals surface area contributed by atoms with Crippen LogP contribution in [0.3, 0.4) is 0 Å². The lowest BCUT2D eigenvalue weighted by Crippen LogP contribution is -2.07. The van der Waals surface area contributed by atoms with Crippen LogP contribution in [0, 0.1) is 5.82 Å². The van der Waals surface area contributed by atoms with Crippen molar-refractivity contribution in [3.05, 3.63) is 120 Å². The molecule has 0 bridgehead atoms. The Hall–Kier alpha value is -3.77. The number of hydrogen-bond donors (Lipinski definition) is 0. The predicted octanol–water partition coefficient (Wildman–Crippen LogP) is 4.52. The standard InChI is InChI=1S/C25H18FNO3S/c26-22-13-9-18(10-14-22)21-7-4-8-24(17-21)31(29,30)27-23-15-11-20(12-16-23)25(28)19-5-2-1-3-6-19/h1-17,28H/p-1. The van der Waals surface area contributed by atoms with Gasteiger partial charge in [0.15, 0.2) is 0 Å². The zero-order valence-electron chi connectivity index (χ0n) is 16.3. The zero-order chi connectivity index (χ0) is 21.8. The fourth-order valence-electron chi connectivity index (χ4n) is 3.10. The molecule has 1 aliphatic carbocycles. The largest absolute Gasteiger partial charge is 0.872 e. The first-order valence-electron chi connectivity index (χ1n) is 9.46. The van der Waals surface area contributed by atoms with Gasteiger partial charge in [-0.1, -0.05) is 72.5 Å². The summed E-state index contributed by atoms with van der Waals surface area (Å²) in [5.74, 6) is -0.515. The normalized spacial score (nSPS) is 13.3. The van der Waals surface area contributed by atoms with E-state index in [1.54, 1.807) is 60.7 Å². The summed E-state index contributed by atoms with van der Waals surface area (Å²) in [7, 11) is -3.97. The molecule has 0 fully saturated rings. The molecule has 0 saturated heterocycles. The Morgan fingerprint density at radius 3 is 2.13 bits per heavy atom. The Kier molecular flexibility index (Phi) is 5.64. The molecule has 31 heavy (non-hydrogen) atoms. The molecule has 3 aromatic carbocycles. The van der Waals surface area contributed by atoms with E-state index in [4.69, 9.17) is 0 Å². The number of hydrogen-bond acceptors (Lipinski definition) is 3. The molecule has 0 saturated carbocycles. The lowest BCUT2D eigenvalue weighted by atomic mass is 10.0. The van der Waals surface area contributed by atoms with Crippen molar-refractivity contribution in [2.75, 3.05) is 0 Å². The maximum Gasteiger partial charge on any atom is 0.282 e. The van der Waals surface area contributed by atoms with Crippen molar-refractivity contribution in [2.45, 2.75) is 4.90 Å². The van der Waals surface area contributed by atoms with Gasteiger partial charge in [-0.05, 0) is 58.7 Å². The summed E-state index contributed by atoms with van der Waals surface area (Å²) in [6.45, 7) is 0. The first-order valence-corrected chi connectivity index (χ1v) is 10.9. The van der Waals surface area contributed by atoms with E-state index < -0.39 is 10.0 Å². The smallest absolute Gasteiger partial charge is 0.282 e. The second-order valence-corrected chi connectivity index (χ2v) is 8.45. The van der Waals surface area contributed by atoms with Gasteiger partial charge < -0.3 is 5.11 Å². The molecular formula is C25H17FNO3S-. The van der Waals surface area contributed by atoms with Crippen LogP contribution in [0.4, 0.5) is 4.39 Å². The average molecular weight is 430 g/mol. The maximum atomic E-state index is 13.2. The van der Waals surface area contributed by atoms with Gasteiger partial charge in [-0.25, -0.2) is 4.39 Å². The molecule has 4 nitrogen and oxygen atoms in total. The minimum Gasteiger partial charge on any atom is -0.872 e. The lowest BCUT2D eigenvalue weighted by molar-refractivity contribution is -0.244. The quantitative estimate of drug-likeness (QED) is 0.572. The number of nitrogens with zero attached hydrogens (tertiary/aromatic N) is 1. The van der Waals surface area contributed by atoms with Crippen LogP contribution in [0.15, 0.2) is 118 Å². The van der Waals surface area contributed by atoms with Crippen molar-refractivity contribution in [1.82, 2.24) is 0 Å². The highest BCUT2D eigenvalue weighted by Gasteiger charge is 2.15. The van der Waals surface area contributed by atoms with Crippen molar-refractivity contribution in [3.63, 3.8) is 0 Å². The van der Waals surface area contributed by atoms with E-state index in [1.807, 2.05) is 6.07 Å². The minimum atomic E-state index is -3.97. The van der Waals surface area contributed by atoms with Crippen LogP contribution in [-0.4, -0.2) is 14.1 Å². The van der Waals surface area contributed by atoms with Crippen LogP contribution in [0.25, 0.3) is 16.9 Å². The topological polar surface area (TPSA) is 69.6 Å². The molecule has 154 valence electrons. The first-order chi connectivity index (χ1) is 14.9. The molecule has 0 unspecified atom stereocenters. The molecule has 0 spiro atoms. The summed E-state index contributed by atoms with van der Waals surface area (Å²) in [4.78, 5) is 0.0266. The van der Waals surface area contributed by atoms with Gasteiger partial charge in [-0.3, -0.25) is 0 Å². The highest BCUT2D eigenvalue weighted by atomic mass is 32.2. The lowest BCUT2D eigenvalue weighted by Gasteiger charge is -2.17. The van der Waals surface area contributed by atoms with Gasteiger partial charge in [-0.15, -0.1) is 0 Å².